The van der Waals surface area contributed by atoms with E-state index in [-0.39, 0.29) is 12.5 Å². The van der Waals surface area contributed by atoms with E-state index >= 15 is 0 Å². The largest absolute Gasteiger partial charge is 0.477 e. The van der Waals surface area contributed by atoms with Crippen molar-refractivity contribution in [1.82, 2.24) is 0 Å². The molecule has 7 heteroatoms. The van der Waals surface area contributed by atoms with E-state index in [1.54, 1.807) is 6.21 Å². The number of rotatable bonds is 11. The van der Waals surface area contributed by atoms with Gasteiger partial charge in [-0.2, -0.15) is 5.26 Å². The molecule has 3 aliphatic rings. The summed E-state index contributed by atoms with van der Waals surface area (Å²) in [7, 11) is 0. The van der Waals surface area contributed by atoms with Crippen molar-refractivity contribution < 1.29 is 14.6 Å². The van der Waals surface area contributed by atoms with Crippen LogP contribution in [-0.2, 0) is 11.2 Å². The molecule has 1 aromatic rings. The Bertz CT molecular complexity index is 1170. The molecule has 1 saturated carbocycles. The van der Waals surface area contributed by atoms with Crippen LogP contribution in [0.5, 0.6) is 5.75 Å². The highest BCUT2D eigenvalue weighted by atomic mass is 16.5. The number of hydrogen-bond acceptors (Lipinski definition) is 7. The van der Waals surface area contributed by atoms with E-state index in [0.29, 0.717) is 36.3 Å². The van der Waals surface area contributed by atoms with Crippen molar-refractivity contribution in [2.45, 2.75) is 64.9 Å². The molecule has 7 nitrogen and oxygen atoms in total. The normalized spacial score (nSPS) is 20.7. The standard InChI is InChI=1S/C30H38N4O3/c1-3-24-11-20(2)34-30(36-19-21-5-4-6-21)14-29(24)37-28-13-22(15-31)7-9-25(28)10-8-23-12-26(18-33-17-23)27(35)16-32/h7,9,12-14,18,21,23,27,35H,3-6,8,10-11,16-17,19,32H2,1-2H3/t23-,27?/m0/s1. The van der Waals surface area contributed by atoms with Crippen molar-refractivity contribution in [2.75, 3.05) is 19.7 Å². The third-order valence-corrected chi connectivity index (χ3v) is 7.31. The molecule has 3 N–H and O–H groups in total. The number of aliphatic imine (C=N–C) groups is 2. The highest BCUT2D eigenvalue weighted by Crippen LogP contribution is 2.31. The molecule has 2 heterocycles. The van der Waals surface area contributed by atoms with Crippen molar-refractivity contribution >= 4 is 11.9 Å². The highest BCUT2D eigenvalue weighted by molar-refractivity contribution is 5.85. The number of allylic oxidation sites excluding steroid dienone is 2. The zero-order valence-corrected chi connectivity index (χ0v) is 21.9. The first-order valence-electron chi connectivity index (χ1n) is 13.4. The summed E-state index contributed by atoms with van der Waals surface area (Å²) in [5.41, 5.74) is 10.1. The van der Waals surface area contributed by atoms with Crippen LogP contribution in [0.4, 0.5) is 0 Å². The molecule has 1 unspecified atom stereocenters. The lowest BCUT2D eigenvalue weighted by molar-refractivity contribution is 0.120. The van der Waals surface area contributed by atoms with Gasteiger partial charge in [0.05, 0.1) is 24.3 Å². The van der Waals surface area contributed by atoms with Crippen molar-refractivity contribution in [3.05, 3.63) is 64.3 Å². The fourth-order valence-corrected chi connectivity index (χ4v) is 4.76. The molecule has 0 amide bonds. The molecule has 0 radical (unpaired) electrons. The zero-order chi connectivity index (χ0) is 26.2. The van der Waals surface area contributed by atoms with Gasteiger partial charge >= 0.3 is 0 Å². The fraction of sp³-hybridized carbons (Fsp3) is 0.500. The Kier molecular flexibility index (Phi) is 9.32. The lowest BCUT2D eigenvalue weighted by atomic mass is 9.86. The topological polar surface area (TPSA) is 113 Å². The summed E-state index contributed by atoms with van der Waals surface area (Å²) in [5.74, 6) is 2.84. The number of nitrogens with zero attached hydrogens (tertiary/aromatic N) is 3. The zero-order valence-electron chi connectivity index (χ0n) is 21.9. The maximum atomic E-state index is 10.1. The number of aliphatic hydroxyl groups excluding tert-OH is 1. The van der Waals surface area contributed by atoms with Crippen molar-refractivity contribution in [3.63, 3.8) is 0 Å². The maximum absolute atomic E-state index is 10.1. The number of dihydropyridines is 1. The minimum atomic E-state index is -0.687. The van der Waals surface area contributed by atoms with Crippen LogP contribution in [0.3, 0.4) is 0 Å². The Balaban J connectivity index is 1.54. The number of nitriles is 1. The van der Waals surface area contributed by atoms with Crippen LogP contribution in [0.15, 0.2) is 63.1 Å². The molecule has 1 aromatic carbocycles. The summed E-state index contributed by atoms with van der Waals surface area (Å²) < 4.78 is 12.6. The van der Waals surface area contributed by atoms with Gasteiger partial charge in [-0.25, -0.2) is 4.99 Å². The molecule has 0 spiro atoms. The Labute approximate surface area is 220 Å². The molecular weight excluding hydrogens is 464 g/mol. The van der Waals surface area contributed by atoms with E-state index in [9.17, 15) is 10.4 Å². The molecule has 2 atom stereocenters. The molecule has 196 valence electrons. The molecule has 0 bridgehead atoms. The van der Waals surface area contributed by atoms with Gasteiger partial charge in [0.15, 0.2) is 0 Å². The Morgan fingerprint density at radius 3 is 2.84 bits per heavy atom. The first-order chi connectivity index (χ1) is 18.0. The van der Waals surface area contributed by atoms with E-state index in [2.05, 4.69) is 24.1 Å². The number of nitrogens with two attached hydrogens (primary N) is 1. The van der Waals surface area contributed by atoms with E-state index in [1.165, 1.54) is 19.3 Å². The Hall–Kier alpha value is -3.21. The van der Waals surface area contributed by atoms with Crippen molar-refractivity contribution in [2.24, 2.45) is 27.6 Å². The smallest absolute Gasteiger partial charge is 0.216 e. The van der Waals surface area contributed by atoms with Crippen LogP contribution in [0.2, 0.25) is 0 Å². The maximum Gasteiger partial charge on any atom is 0.216 e. The minimum Gasteiger partial charge on any atom is -0.477 e. The first-order valence-corrected chi connectivity index (χ1v) is 13.4. The van der Waals surface area contributed by atoms with Crippen molar-refractivity contribution in [3.8, 4) is 11.8 Å². The third kappa shape index (κ3) is 7.18. The average molecular weight is 503 g/mol. The molecule has 37 heavy (non-hydrogen) atoms. The predicted octanol–water partition coefficient (Wildman–Crippen LogP) is 5.00. The summed E-state index contributed by atoms with van der Waals surface area (Å²) in [6.07, 6.45) is 11.9. The van der Waals surface area contributed by atoms with Gasteiger partial charge in [-0.3, -0.25) is 4.99 Å². The number of benzene rings is 1. The molecule has 2 aliphatic heterocycles. The number of aliphatic hydroxyl groups is 1. The third-order valence-electron chi connectivity index (χ3n) is 7.31. The predicted molar refractivity (Wildman–Crippen MR) is 147 cm³/mol. The quantitative estimate of drug-likeness (QED) is 0.442. The molecular formula is C30H38N4O3. The van der Waals surface area contributed by atoms with Crippen LogP contribution in [0.1, 0.15) is 63.5 Å². The number of aryl methyl sites for hydroxylation is 1. The van der Waals surface area contributed by atoms with E-state index < -0.39 is 6.10 Å². The average Bonchev–Trinajstić information content (AvgIpc) is 3.04. The molecule has 1 fully saturated rings. The Morgan fingerprint density at radius 2 is 2.14 bits per heavy atom. The number of ether oxygens (including phenoxy) is 2. The molecule has 1 aliphatic carbocycles. The van der Waals surface area contributed by atoms with Crippen LogP contribution in [0, 0.1) is 23.2 Å². The van der Waals surface area contributed by atoms with E-state index in [1.807, 2.05) is 31.2 Å². The highest BCUT2D eigenvalue weighted by Gasteiger charge is 2.21. The lowest BCUT2D eigenvalue weighted by Gasteiger charge is -2.25. The van der Waals surface area contributed by atoms with Gasteiger partial charge in [0.1, 0.15) is 11.5 Å². The second-order valence-corrected chi connectivity index (χ2v) is 10.2. The minimum absolute atomic E-state index is 0.177. The SMILES string of the molecule is CCC1=C(Oc2cc(C#N)ccc2CC[C@H]2C=C(C(O)CN)C=NC2)C=C(OCC2CCC2)N=C(C)C1. The van der Waals surface area contributed by atoms with Crippen LogP contribution in [0.25, 0.3) is 0 Å². The summed E-state index contributed by atoms with van der Waals surface area (Å²) in [6, 6.07) is 7.86. The fourth-order valence-electron chi connectivity index (χ4n) is 4.76. The first kappa shape index (κ1) is 26.8. The van der Waals surface area contributed by atoms with Gasteiger partial charge in [0.25, 0.3) is 0 Å². The number of hydrogen-bond donors (Lipinski definition) is 2. The van der Waals surface area contributed by atoms with Crippen LogP contribution < -0.4 is 10.5 Å². The van der Waals surface area contributed by atoms with Crippen LogP contribution >= 0.6 is 0 Å². The summed E-state index contributed by atoms with van der Waals surface area (Å²) in [5, 5.41) is 19.6. The lowest BCUT2D eigenvalue weighted by Crippen LogP contribution is -2.25. The molecule has 0 aromatic heterocycles. The van der Waals surface area contributed by atoms with Gasteiger partial charge < -0.3 is 20.3 Å². The van der Waals surface area contributed by atoms with E-state index in [4.69, 9.17) is 20.2 Å². The van der Waals surface area contributed by atoms with Gasteiger partial charge in [-0.1, -0.05) is 25.5 Å². The Morgan fingerprint density at radius 1 is 1.30 bits per heavy atom. The summed E-state index contributed by atoms with van der Waals surface area (Å²) in [4.78, 5) is 9.14. The van der Waals surface area contributed by atoms with Gasteiger partial charge in [0, 0.05) is 37.5 Å². The second-order valence-electron chi connectivity index (χ2n) is 10.2. The molecule has 0 saturated heterocycles. The second kappa shape index (κ2) is 12.8. The van der Waals surface area contributed by atoms with Gasteiger partial charge in [-0.05, 0) is 79.7 Å². The van der Waals surface area contributed by atoms with Crippen molar-refractivity contribution in [1.29, 1.82) is 5.26 Å². The summed E-state index contributed by atoms with van der Waals surface area (Å²) >= 11 is 0. The van der Waals surface area contributed by atoms with Crippen LogP contribution in [-0.4, -0.2) is 42.8 Å². The monoisotopic (exact) mass is 502 g/mol. The van der Waals surface area contributed by atoms with E-state index in [0.717, 1.165) is 53.9 Å². The van der Waals surface area contributed by atoms with Gasteiger partial charge in [0.2, 0.25) is 5.88 Å². The molecule has 4 rings (SSSR count). The summed E-state index contributed by atoms with van der Waals surface area (Å²) in [6.45, 7) is 5.69. The van der Waals surface area contributed by atoms with Gasteiger partial charge in [-0.15, -0.1) is 0 Å².